The lowest BCUT2D eigenvalue weighted by molar-refractivity contribution is -0.894. The lowest BCUT2D eigenvalue weighted by Gasteiger charge is -2.31. The zero-order chi connectivity index (χ0) is 20.4. The van der Waals surface area contributed by atoms with Crippen LogP contribution in [0.4, 0.5) is 0 Å². The largest absolute Gasteiger partial charge is 0.459 e. The van der Waals surface area contributed by atoms with Crippen molar-refractivity contribution in [1.82, 2.24) is 0 Å². The monoisotopic (exact) mass is 374 g/mol. The van der Waals surface area contributed by atoms with E-state index in [9.17, 15) is 9.59 Å². The number of hydrogen-bond donors (Lipinski definition) is 0. The lowest BCUT2D eigenvalue weighted by Crippen LogP contribution is -2.46. The summed E-state index contributed by atoms with van der Waals surface area (Å²) < 4.78 is 12.2. The summed E-state index contributed by atoms with van der Waals surface area (Å²) in [4.78, 5) is 23.5. The Morgan fingerprint density at radius 2 is 0.962 bits per heavy atom. The Bertz CT molecular complexity index is 385. The van der Waals surface area contributed by atoms with Gasteiger partial charge in [0.25, 0.3) is 0 Å². The van der Waals surface area contributed by atoms with Gasteiger partial charge in [-0.1, -0.05) is 12.8 Å². The molecule has 6 nitrogen and oxygen atoms in total. The average Bonchev–Trinajstić information content (AvgIpc) is 2.51. The van der Waals surface area contributed by atoms with Gasteiger partial charge in [-0.2, -0.15) is 0 Å². The second kappa shape index (κ2) is 11.5. The van der Waals surface area contributed by atoms with Gasteiger partial charge in [0.1, 0.15) is 25.3 Å². The van der Waals surface area contributed by atoms with Crippen LogP contribution in [0.5, 0.6) is 0 Å². The molecule has 0 saturated heterocycles. The molecule has 0 radical (unpaired) electrons. The van der Waals surface area contributed by atoms with Crippen molar-refractivity contribution >= 4 is 11.9 Å². The van der Waals surface area contributed by atoms with E-state index in [1.807, 2.05) is 0 Å². The van der Waals surface area contributed by atoms with Crippen LogP contribution in [0.15, 0.2) is 0 Å². The third-order valence-electron chi connectivity index (χ3n) is 5.13. The highest BCUT2D eigenvalue weighted by molar-refractivity contribution is 5.69. The number of unbranched alkanes of at least 4 members (excludes halogenated alkanes) is 3. The van der Waals surface area contributed by atoms with Gasteiger partial charge >= 0.3 is 11.9 Å². The molecule has 0 heterocycles. The van der Waals surface area contributed by atoms with Crippen LogP contribution in [0, 0.1) is 0 Å². The minimum absolute atomic E-state index is 0.126. The summed E-state index contributed by atoms with van der Waals surface area (Å²) in [6, 6.07) is 0.564. The summed E-state index contributed by atoms with van der Waals surface area (Å²) in [5.74, 6) is -0.252. The first-order valence-corrected chi connectivity index (χ1v) is 9.77. The summed E-state index contributed by atoms with van der Waals surface area (Å²) in [5.41, 5.74) is 0. The highest BCUT2D eigenvalue weighted by Gasteiger charge is 2.20. The van der Waals surface area contributed by atoms with Gasteiger partial charge < -0.3 is 18.4 Å². The molecule has 2 atom stereocenters. The van der Waals surface area contributed by atoms with Crippen molar-refractivity contribution in [3.63, 3.8) is 0 Å². The Kier molecular flexibility index (Phi) is 11.0. The van der Waals surface area contributed by atoms with Crippen molar-refractivity contribution in [2.75, 3.05) is 55.5 Å². The summed E-state index contributed by atoms with van der Waals surface area (Å²) >= 11 is 0. The molecule has 0 aliphatic rings. The van der Waals surface area contributed by atoms with Crippen LogP contribution in [0.2, 0.25) is 0 Å². The molecule has 6 heteroatoms. The standard InChI is InChI=1S/C20H42N2O4/c1-17(21(3,4)5)15-25-19(23)13-11-9-10-12-14-20(24)26-16-18(2)22(6,7)8/h17-18H,9-16H2,1-8H3/q+2/t17-,18-/m0/s1. The van der Waals surface area contributed by atoms with Gasteiger partial charge in [0, 0.05) is 12.8 Å². The first-order chi connectivity index (χ1) is 11.8. The minimum Gasteiger partial charge on any atom is -0.459 e. The molecular weight excluding hydrogens is 332 g/mol. The summed E-state index contributed by atoms with van der Waals surface area (Å²) in [6.45, 7) is 5.07. The number of hydrogen-bond acceptors (Lipinski definition) is 4. The van der Waals surface area contributed by atoms with E-state index >= 15 is 0 Å². The molecule has 0 rings (SSSR count). The van der Waals surface area contributed by atoms with Crippen LogP contribution in [-0.4, -0.2) is 88.5 Å². The smallest absolute Gasteiger partial charge is 0.306 e. The van der Waals surface area contributed by atoms with Gasteiger partial charge in [-0.05, 0) is 26.7 Å². The van der Waals surface area contributed by atoms with Gasteiger partial charge in [-0.15, -0.1) is 0 Å². The van der Waals surface area contributed by atoms with Gasteiger partial charge in [-0.3, -0.25) is 9.59 Å². The Labute approximate surface area is 160 Å². The van der Waals surface area contributed by atoms with E-state index in [0.717, 1.165) is 34.6 Å². The molecule has 154 valence electrons. The minimum atomic E-state index is -0.126. The zero-order valence-corrected chi connectivity index (χ0v) is 18.3. The molecule has 0 aliphatic carbocycles. The Balaban J connectivity index is 3.66. The fraction of sp³-hybridized carbons (Fsp3) is 0.900. The normalized spacial score (nSPS) is 14.6. The van der Waals surface area contributed by atoms with Gasteiger partial charge in [0.15, 0.2) is 0 Å². The van der Waals surface area contributed by atoms with E-state index in [1.165, 1.54) is 0 Å². The van der Waals surface area contributed by atoms with E-state index in [2.05, 4.69) is 56.1 Å². The topological polar surface area (TPSA) is 52.6 Å². The van der Waals surface area contributed by atoms with Crippen LogP contribution in [-0.2, 0) is 19.1 Å². The summed E-state index contributed by atoms with van der Waals surface area (Å²) in [7, 11) is 12.5. The molecule has 0 bridgehead atoms. The molecule has 0 saturated carbocycles. The highest BCUT2D eigenvalue weighted by Crippen LogP contribution is 2.09. The molecule has 0 spiro atoms. The van der Waals surface area contributed by atoms with E-state index < -0.39 is 0 Å². The number of rotatable bonds is 13. The number of esters is 2. The van der Waals surface area contributed by atoms with Crippen LogP contribution in [0.3, 0.4) is 0 Å². The van der Waals surface area contributed by atoms with Gasteiger partial charge in [-0.25, -0.2) is 0 Å². The maximum absolute atomic E-state index is 11.7. The molecule has 0 fully saturated rings. The maximum atomic E-state index is 11.7. The van der Waals surface area contributed by atoms with E-state index in [1.54, 1.807) is 0 Å². The van der Waals surface area contributed by atoms with Crippen LogP contribution >= 0.6 is 0 Å². The van der Waals surface area contributed by atoms with Crippen molar-refractivity contribution < 1.29 is 28.0 Å². The first kappa shape index (κ1) is 24.9. The number of nitrogens with zero attached hydrogens (tertiary/aromatic N) is 2. The maximum Gasteiger partial charge on any atom is 0.306 e. The fourth-order valence-electron chi connectivity index (χ4n) is 1.91. The van der Waals surface area contributed by atoms with Crippen molar-refractivity contribution in [2.24, 2.45) is 0 Å². The highest BCUT2D eigenvalue weighted by atomic mass is 16.5. The molecule has 0 N–H and O–H groups in total. The number of ether oxygens (including phenoxy) is 2. The number of carbonyl (C=O) groups excluding carboxylic acids is 2. The molecule has 0 aromatic rings. The molecule has 0 aromatic carbocycles. The fourth-order valence-corrected chi connectivity index (χ4v) is 1.91. The third-order valence-corrected chi connectivity index (χ3v) is 5.13. The zero-order valence-electron chi connectivity index (χ0n) is 18.3. The Hall–Kier alpha value is -1.14. The number of carbonyl (C=O) groups is 2. The molecule has 0 amide bonds. The molecular formula is C20H42N2O4+2. The predicted molar refractivity (Wildman–Crippen MR) is 105 cm³/mol. The van der Waals surface area contributed by atoms with Gasteiger partial charge in [0.2, 0.25) is 0 Å². The van der Waals surface area contributed by atoms with Crippen molar-refractivity contribution in [3.05, 3.63) is 0 Å². The quantitative estimate of drug-likeness (QED) is 0.282. The lowest BCUT2D eigenvalue weighted by atomic mass is 10.1. The van der Waals surface area contributed by atoms with Crippen LogP contribution in [0.25, 0.3) is 0 Å². The Morgan fingerprint density at radius 3 is 1.23 bits per heavy atom. The van der Waals surface area contributed by atoms with Crippen LogP contribution in [0.1, 0.15) is 52.4 Å². The van der Waals surface area contributed by atoms with E-state index in [4.69, 9.17) is 9.47 Å². The second-order valence-electron chi connectivity index (χ2n) is 9.21. The molecule has 0 unspecified atom stereocenters. The molecule has 26 heavy (non-hydrogen) atoms. The third kappa shape index (κ3) is 12.3. The first-order valence-electron chi connectivity index (χ1n) is 9.77. The van der Waals surface area contributed by atoms with E-state index in [0.29, 0.717) is 26.1 Å². The summed E-state index contributed by atoms with van der Waals surface area (Å²) in [6.07, 6.45) is 4.39. The molecule has 0 aliphatic heterocycles. The number of quaternary nitrogens is 2. The van der Waals surface area contributed by atoms with Crippen molar-refractivity contribution in [3.8, 4) is 0 Å². The Morgan fingerprint density at radius 1 is 0.654 bits per heavy atom. The average molecular weight is 375 g/mol. The van der Waals surface area contributed by atoms with Crippen molar-refractivity contribution in [2.45, 2.75) is 64.5 Å². The second-order valence-corrected chi connectivity index (χ2v) is 9.21. The van der Waals surface area contributed by atoms with E-state index in [-0.39, 0.29) is 24.0 Å². The predicted octanol–water partition coefficient (Wildman–Crippen LogP) is 2.60. The SMILES string of the molecule is C[C@@H](COC(=O)CCCCCCC(=O)OC[C@H](C)[N+](C)(C)C)[N+](C)(C)C. The van der Waals surface area contributed by atoms with Crippen molar-refractivity contribution in [1.29, 1.82) is 0 Å². The van der Waals surface area contributed by atoms with Crippen LogP contribution < -0.4 is 0 Å². The molecule has 0 aromatic heterocycles. The van der Waals surface area contributed by atoms with Gasteiger partial charge in [0.05, 0.1) is 42.3 Å². The number of likely N-dealkylation sites (N-methyl/N-ethyl adjacent to an activating group) is 2. The summed E-state index contributed by atoms with van der Waals surface area (Å²) in [5, 5.41) is 0.